The van der Waals surface area contributed by atoms with Gasteiger partial charge in [-0.15, -0.1) is 0 Å². The second-order valence-electron chi connectivity index (χ2n) is 4.26. The van der Waals surface area contributed by atoms with Gasteiger partial charge in [0.05, 0.1) is 7.11 Å². The maximum Gasteiger partial charge on any atom is 0.194 e. The molecule has 0 aromatic heterocycles. The highest BCUT2D eigenvalue weighted by molar-refractivity contribution is 6.22. The summed E-state index contributed by atoms with van der Waals surface area (Å²) in [6.45, 7) is 1.99. The normalized spacial score (nSPS) is 12.2. The zero-order valence-electron chi connectivity index (χ0n) is 9.78. The molecule has 2 nitrogen and oxygen atoms in total. The van der Waals surface area contributed by atoms with Crippen molar-refractivity contribution in [3.63, 3.8) is 0 Å². The number of ether oxygens (including phenoxy) is 1. The van der Waals surface area contributed by atoms with Crippen molar-refractivity contribution >= 4 is 5.78 Å². The molecule has 84 valence electrons. The van der Waals surface area contributed by atoms with Gasteiger partial charge in [-0.2, -0.15) is 0 Å². The van der Waals surface area contributed by atoms with Crippen molar-refractivity contribution in [2.45, 2.75) is 6.92 Å². The standard InChI is InChI=1S/C15H12O2/c1-9-6-7-10-12(8-9)15(16)11-4-3-5-13(17-2)14(10)11/h3-8H,1-2H3. The van der Waals surface area contributed by atoms with E-state index in [1.54, 1.807) is 7.11 Å². The van der Waals surface area contributed by atoms with E-state index in [0.29, 0.717) is 0 Å². The molecule has 17 heavy (non-hydrogen) atoms. The highest BCUT2D eigenvalue weighted by atomic mass is 16.5. The van der Waals surface area contributed by atoms with Crippen LogP contribution in [0.2, 0.25) is 0 Å². The third-order valence-corrected chi connectivity index (χ3v) is 3.18. The van der Waals surface area contributed by atoms with Crippen molar-refractivity contribution in [3.05, 3.63) is 53.1 Å². The van der Waals surface area contributed by atoms with Crippen LogP contribution >= 0.6 is 0 Å². The number of rotatable bonds is 1. The average Bonchev–Trinajstić information content (AvgIpc) is 2.63. The third-order valence-electron chi connectivity index (χ3n) is 3.18. The molecule has 0 atom stereocenters. The van der Waals surface area contributed by atoms with Crippen molar-refractivity contribution in [1.29, 1.82) is 0 Å². The average molecular weight is 224 g/mol. The van der Waals surface area contributed by atoms with E-state index in [0.717, 1.165) is 33.6 Å². The molecule has 0 aliphatic heterocycles. The quantitative estimate of drug-likeness (QED) is 0.634. The summed E-state index contributed by atoms with van der Waals surface area (Å²) in [6, 6.07) is 11.6. The molecule has 0 amide bonds. The minimum absolute atomic E-state index is 0.0950. The Kier molecular flexibility index (Phi) is 2.05. The van der Waals surface area contributed by atoms with Gasteiger partial charge < -0.3 is 4.74 Å². The van der Waals surface area contributed by atoms with Crippen LogP contribution in [0, 0.1) is 6.92 Å². The molecule has 2 heteroatoms. The van der Waals surface area contributed by atoms with Crippen molar-refractivity contribution in [1.82, 2.24) is 0 Å². The van der Waals surface area contributed by atoms with E-state index >= 15 is 0 Å². The summed E-state index contributed by atoms with van der Waals surface area (Å²) < 4.78 is 5.34. The van der Waals surface area contributed by atoms with E-state index in [9.17, 15) is 4.79 Å². The first-order valence-corrected chi connectivity index (χ1v) is 5.55. The number of carbonyl (C=O) groups is 1. The fourth-order valence-corrected chi connectivity index (χ4v) is 2.38. The Morgan fingerprint density at radius 2 is 1.82 bits per heavy atom. The summed E-state index contributed by atoms with van der Waals surface area (Å²) in [5, 5.41) is 0. The SMILES string of the molecule is COc1cccc2c1-c1ccc(C)cc1C2=O. The molecule has 0 heterocycles. The Balaban J connectivity index is 2.37. The number of benzene rings is 2. The van der Waals surface area contributed by atoms with Crippen LogP contribution in [0.4, 0.5) is 0 Å². The first-order chi connectivity index (χ1) is 8.22. The maximum atomic E-state index is 12.3. The van der Waals surface area contributed by atoms with E-state index in [4.69, 9.17) is 4.74 Å². The van der Waals surface area contributed by atoms with Crippen LogP contribution in [0.25, 0.3) is 11.1 Å². The van der Waals surface area contributed by atoms with Crippen LogP contribution in [0.15, 0.2) is 36.4 Å². The van der Waals surface area contributed by atoms with Gasteiger partial charge in [0.2, 0.25) is 0 Å². The molecule has 0 radical (unpaired) electrons. The molecule has 2 aromatic carbocycles. The number of hydrogen-bond donors (Lipinski definition) is 0. The molecular formula is C15H12O2. The van der Waals surface area contributed by atoms with Crippen molar-refractivity contribution < 1.29 is 9.53 Å². The molecule has 0 bridgehead atoms. The fourth-order valence-electron chi connectivity index (χ4n) is 2.38. The summed E-state index contributed by atoms with van der Waals surface area (Å²) in [7, 11) is 1.63. The summed E-state index contributed by atoms with van der Waals surface area (Å²) in [5.74, 6) is 0.857. The molecule has 0 fully saturated rings. The number of ketones is 1. The summed E-state index contributed by atoms with van der Waals surface area (Å²) >= 11 is 0. The van der Waals surface area contributed by atoms with Gasteiger partial charge in [-0.3, -0.25) is 4.79 Å². The van der Waals surface area contributed by atoms with Gasteiger partial charge in [-0.25, -0.2) is 0 Å². The Labute approximate surface area is 99.9 Å². The molecular weight excluding hydrogens is 212 g/mol. The lowest BCUT2D eigenvalue weighted by atomic mass is 10.0. The molecule has 0 N–H and O–H groups in total. The number of aryl methyl sites for hydroxylation is 1. The van der Waals surface area contributed by atoms with Gasteiger partial charge in [-0.1, -0.05) is 29.8 Å². The van der Waals surface area contributed by atoms with Gasteiger partial charge >= 0.3 is 0 Å². The predicted octanol–water partition coefficient (Wildman–Crippen LogP) is 3.22. The molecule has 3 rings (SSSR count). The van der Waals surface area contributed by atoms with E-state index < -0.39 is 0 Å². The Hall–Kier alpha value is -2.09. The van der Waals surface area contributed by atoms with Gasteiger partial charge in [-0.05, 0) is 24.6 Å². The van der Waals surface area contributed by atoms with E-state index in [2.05, 4.69) is 0 Å². The maximum absolute atomic E-state index is 12.3. The second kappa shape index (κ2) is 3.45. The number of carbonyl (C=O) groups excluding carboxylic acids is 1. The highest BCUT2D eigenvalue weighted by Gasteiger charge is 2.28. The zero-order chi connectivity index (χ0) is 12.0. The van der Waals surface area contributed by atoms with Gasteiger partial charge in [0.1, 0.15) is 5.75 Å². The summed E-state index contributed by atoms with van der Waals surface area (Å²) in [6.07, 6.45) is 0. The van der Waals surface area contributed by atoms with Gasteiger partial charge in [0.25, 0.3) is 0 Å². The van der Waals surface area contributed by atoms with Crippen LogP contribution in [-0.2, 0) is 0 Å². The Morgan fingerprint density at radius 1 is 1.00 bits per heavy atom. The van der Waals surface area contributed by atoms with Crippen LogP contribution in [0.5, 0.6) is 5.75 Å². The van der Waals surface area contributed by atoms with Crippen LogP contribution in [-0.4, -0.2) is 12.9 Å². The summed E-state index contributed by atoms with van der Waals surface area (Å²) in [5.41, 5.74) is 4.53. The minimum Gasteiger partial charge on any atom is -0.496 e. The molecule has 2 aromatic rings. The molecule has 0 unspecified atom stereocenters. The number of methoxy groups -OCH3 is 1. The lowest BCUT2D eigenvalue weighted by Crippen LogP contribution is -1.95. The molecule has 0 saturated carbocycles. The van der Waals surface area contributed by atoms with E-state index in [1.165, 1.54) is 0 Å². The number of hydrogen-bond acceptors (Lipinski definition) is 2. The monoisotopic (exact) mass is 224 g/mol. The van der Waals surface area contributed by atoms with Crippen molar-refractivity contribution in [2.24, 2.45) is 0 Å². The van der Waals surface area contributed by atoms with Gasteiger partial charge in [0.15, 0.2) is 5.78 Å². The first kappa shape index (κ1) is 10.1. The third kappa shape index (κ3) is 1.30. The lowest BCUT2D eigenvalue weighted by Gasteiger charge is -2.06. The molecule has 1 aliphatic rings. The lowest BCUT2D eigenvalue weighted by molar-refractivity contribution is 0.104. The topological polar surface area (TPSA) is 26.3 Å². The van der Waals surface area contributed by atoms with Crippen LogP contribution in [0.3, 0.4) is 0 Å². The van der Waals surface area contributed by atoms with Gasteiger partial charge in [0, 0.05) is 16.7 Å². The van der Waals surface area contributed by atoms with E-state index in [-0.39, 0.29) is 5.78 Å². The minimum atomic E-state index is 0.0950. The summed E-state index contributed by atoms with van der Waals surface area (Å²) in [4.78, 5) is 12.3. The Bertz CT molecular complexity index is 623. The highest BCUT2D eigenvalue weighted by Crippen LogP contribution is 2.42. The largest absolute Gasteiger partial charge is 0.496 e. The second-order valence-corrected chi connectivity index (χ2v) is 4.26. The van der Waals surface area contributed by atoms with Crippen molar-refractivity contribution in [3.8, 4) is 16.9 Å². The van der Waals surface area contributed by atoms with Crippen LogP contribution < -0.4 is 4.74 Å². The zero-order valence-corrected chi connectivity index (χ0v) is 9.78. The predicted molar refractivity (Wildman–Crippen MR) is 66.6 cm³/mol. The fraction of sp³-hybridized carbons (Fsp3) is 0.133. The smallest absolute Gasteiger partial charge is 0.194 e. The number of fused-ring (bicyclic) bond motifs is 3. The molecule has 1 aliphatic carbocycles. The molecule has 0 saturated heterocycles. The molecule has 0 spiro atoms. The van der Waals surface area contributed by atoms with Crippen LogP contribution in [0.1, 0.15) is 21.5 Å². The first-order valence-electron chi connectivity index (χ1n) is 5.55. The Morgan fingerprint density at radius 3 is 2.59 bits per heavy atom. The van der Waals surface area contributed by atoms with E-state index in [1.807, 2.05) is 43.3 Å². The van der Waals surface area contributed by atoms with Crippen molar-refractivity contribution in [2.75, 3.05) is 7.11 Å².